The normalized spacial score (nSPS) is 10.8. The number of carbonyl (C=O) groups excluding carboxylic acids is 1. The van der Waals surface area contributed by atoms with E-state index in [0.717, 1.165) is 32.0 Å². The molecule has 118 valence electrons. The number of thioether (sulfide) groups is 1. The Hall–Kier alpha value is -2.12. The highest BCUT2D eigenvalue weighted by molar-refractivity contribution is 8.00. The van der Waals surface area contributed by atoms with E-state index in [1.807, 2.05) is 54.2 Å². The van der Waals surface area contributed by atoms with Crippen molar-refractivity contribution in [1.82, 2.24) is 14.8 Å². The first kappa shape index (κ1) is 15.8. The van der Waals surface area contributed by atoms with E-state index in [1.54, 1.807) is 11.8 Å². The summed E-state index contributed by atoms with van der Waals surface area (Å²) in [5.41, 5.74) is 8.16. The number of thiazole rings is 1. The van der Waals surface area contributed by atoms with Gasteiger partial charge < -0.3 is 5.73 Å². The average Bonchev–Trinajstić information content (AvgIpc) is 3.13. The predicted octanol–water partition coefficient (Wildman–Crippen LogP) is 2.96. The van der Waals surface area contributed by atoms with Crippen molar-refractivity contribution in [1.29, 1.82) is 0 Å². The smallest absolute Gasteiger partial charge is 0.222 e. The number of primary amides is 1. The molecule has 7 heteroatoms. The summed E-state index contributed by atoms with van der Waals surface area (Å²) in [6, 6.07) is 12.0. The van der Waals surface area contributed by atoms with Gasteiger partial charge in [0.1, 0.15) is 0 Å². The number of hydrogen-bond donors (Lipinski definition) is 1. The molecule has 2 N–H and O–H groups in total. The lowest BCUT2D eigenvalue weighted by molar-refractivity contribution is -0.117. The van der Waals surface area contributed by atoms with Crippen molar-refractivity contribution in [2.45, 2.75) is 23.4 Å². The number of aromatic nitrogens is 3. The SMILES string of the molecule is Cc1nc(SCc2ccn(-c3ccccc3)n2)sc1CC(N)=O. The van der Waals surface area contributed by atoms with Crippen molar-refractivity contribution in [2.24, 2.45) is 5.73 Å². The van der Waals surface area contributed by atoms with Crippen LogP contribution in [0.3, 0.4) is 0 Å². The molecule has 3 rings (SSSR count). The van der Waals surface area contributed by atoms with Gasteiger partial charge in [-0.15, -0.1) is 11.3 Å². The second kappa shape index (κ2) is 6.97. The first-order valence-corrected chi connectivity index (χ1v) is 8.89. The lowest BCUT2D eigenvalue weighted by atomic mass is 10.3. The highest BCUT2D eigenvalue weighted by Crippen LogP contribution is 2.29. The first-order valence-electron chi connectivity index (χ1n) is 7.09. The molecule has 3 aromatic rings. The maximum atomic E-state index is 11.0. The Morgan fingerprint density at radius 1 is 1.30 bits per heavy atom. The maximum absolute atomic E-state index is 11.0. The summed E-state index contributed by atoms with van der Waals surface area (Å²) < 4.78 is 2.80. The van der Waals surface area contributed by atoms with Crippen LogP contribution >= 0.6 is 23.1 Å². The number of amides is 1. The van der Waals surface area contributed by atoms with Crippen LogP contribution in [0.15, 0.2) is 46.9 Å². The van der Waals surface area contributed by atoms with Gasteiger partial charge in [-0.05, 0) is 25.1 Å². The zero-order valence-corrected chi connectivity index (χ0v) is 14.2. The van der Waals surface area contributed by atoms with E-state index in [9.17, 15) is 4.79 Å². The third-order valence-corrected chi connectivity index (χ3v) is 5.55. The van der Waals surface area contributed by atoms with Crippen LogP contribution in [0.1, 0.15) is 16.3 Å². The van der Waals surface area contributed by atoms with Gasteiger partial charge in [-0.3, -0.25) is 4.79 Å². The van der Waals surface area contributed by atoms with Crippen molar-refractivity contribution in [3.63, 3.8) is 0 Å². The molecule has 0 saturated heterocycles. The standard InChI is InChI=1S/C16H16N4OS2/c1-11-14(9-15(17)21)23-16(18-11)22-10-12-7-8-20(19-12)13-5-3-2-4-6-13/h2-8H,9-10H2,1H3,(H2,17,21). The minimum absolute atomic E-state index is 0.257. The molecule has 2 aromatic heterocycles. The molecular weight excluding hydrogens is 328 g/mol. The number of aryl methyl sites for hydroxylation is 1. The second-order valence-corrected chi connectivity index (χ2v) is 7.31. The van der Waals surface area contributed by atoms with Crippen LogP contribution < -0.4 is 5.73 Å². The van der Waals surface area contributed by atoms with Gasteiger partial charge in [0.05, 0.1) is 23.5 Å². The van der Waals surface area contributed by atoms with Crippen LogP contribution in [-0.2, 0) is 17.0 Å². The highest BCUT2D eigenvalue weighted by atomic mass is 32.2. The number of carbonyl (C=O) groups is 1. The van der Waals surface area contributed by atoms with Gasteiger partial charge in [0.25, 0.3) is 0 Å². The summed E-state index contributed by atoms with van der Waals surface area (Å²) in [5.74, 6) is 0.415. The lowest BCUT2D eigenvalue weighted by Crippen LogP contribution is -2.13. The molecule has 0 atom stereocenters. The molecule has 0 unspecified atom stereocenters. The first-order chi connectivity index (χ1) is 11.1. The Balaban J connectivity index is 1.65. The quantitative estimate of drug-likeness (QED) is 0.698. The van der Waals surface area contributed by atoms with E-state index in [0.29, 0.717) is 0 Å². The summed E-state index contributed by atoms with van der Waals surface area (Å²) in [5, 5.41) is 4.57. The molecular formula is C16H16N4OS2. The number of para-hydroxylation sites is 1. The molecule has 2 heterocycles. The number of nitrogens with two attached hydrogens (primary N) is 1. The van der Waals surface area contributed by atoms with Crippen LogP contribution in [0.2, 0.25) is 0 Å². The predicted molar refractivity (Wildman–Crippen MR) is 92.9 cm³/mol. The summed E-state index contributed by atoms with van der Waals surface area (Å²) in [6.07, 6.45) is 2.21. The Morgan fingerprint density at radius 2 is 2.09 bits per heavy atom. The van der Waals surface area contributed by atoms with E-state index in [2.05, 4.69) is 10.1 Å². The second-order valence-electron chi connectivity index (χ2n) is 5.01. The summed E-state index contributed by atoms with van der Waals surface area (Å²) in [7, 11) is 0. The van der Waals surface area contributed by atoms with E-state index in [4.69, 9.17) is 5.73 Å². The maximum Gasteiger partial charge on any atom is 0.222 e. The largest absolute Gasteiger partial charge is 0.369 e. The monoisotopic (exact) mass is 344 g/mol. The molecule has 0 saturated carbocycles. The Kier molecular flexibility index (Phi) is 4.78. The Bertz CT molecular complexity index is 811. The van der Waals surface area contributed by atoms with Crippen molar-refractivity contribution >= 4 is 29.0 Å². The van der Waals surface area contributed by atoms with Crippen molar-refractivity contribution in [3.05, 3.63) is 58.9 Å². The minimum atomic E-state index is -0.324. The molecule has 1 aromatic carbocycles. The van der Waals surface area contributed by atoms with E-state index < -0.39 is 0 Å². The van der Waals surface area contributed by atoms with Gasteiger partial charge in [-0.1, -0.05) is 30.0 Å². The van der Waals surface area contributed by atoms with Gasteiger partial charge in [0.2, 0.25) is 5.91 Å². The number of hydrogen-bond acceptors (Lipinski definition) is 5. The van der Waals surface area contributed by atoms with Crippen LogP contribution in [0.4, 0.5) is 0 Å². The minimum Gasteiger partial charge on any atom is -0.369 e. The topological polar surface area (TPSA) is 73.8 Å². The molecule has 0 spiro atoms. The number of nitrogens with zero attached hydrogens (tertiary/aromatic N) is 3. The van der Waals surface area contributed by atoms with E-state index in [1.165, 1.54) is 11.3 Å². The van der Waals surface area contributed by atoms with Crippen molar-refractivity contribution in [2.75, 3.05) is 0 Å². The van der Waals surface area contributed by atoms with Crippen molar-refractivity contribution < 1.29 is 4.79 Å². The fourth-order valence-corrected chi connectivity index (χ4v) is 4.23. The molecule has 1 amide bonds. The summed E-state index contributed by atoms with van der Waals surface area (Å²) in [4.78, 5) is 16.5. The molecule has 0 bridgehead atoms. The molecule has 0 fully saturated rings. The van der Waals surface area contributed by atoms with Crippen LogP contribution in [0.25, 0.3) is 5.69 Å². The number of rotatable bonds is 6. The van der Waals surface area contributed by atoms with E-state index >= 15 is 0 Å². The molecule has 23 heavy (non-hydrogen) atoms. The highest BCUT2D eigenvalue weighted by Gasteiger charge is 2.11. The molecule has 5 nitrogen and oxygen atoms in total. The van der Waals surface area contributed by atoms with Gasteiger partial charge in [-0.2, -0.15) is 5.10 Å². The van der Waals surface area contributed by atoms with Crippen molar-refractivity contribution in [3.8, 4) is 5.69 Å². The Morgan fingerprint density at radius 3 is 2.83 bits per heavy atom. The molecule has 0 radical (unpaired) electrons. The molecule has 0 aliphatic rings. The van der Waals surface area contributed by atoms with Gasteiger partial charge in [-0.25, -0.2) is 9.67 Å². The lowest BCUT2D eigenvalue weighted by Gasteiger charge is -1.99. The number of benzene rings is 1. The van der Waals surface area contributed by atoms with Crippen LogP contribution in [0.5, 0.6) is 0 Å². The molecule has 0 aliphatic carbocycles. The zero-order valence-electron chi connectivity index (χ0n) is 12.6. The fourth-order valence-electron chi connectivity index (χ4n) is 2.08. The fraction of sp³-hybridized carbons (Fsp3) is 0.188. The third kappa shape index (κ3) is 4.00. The summed E-state index contributed by atoms with van der Waals surface area (Å²) >= 11 is 3.15. The zero-order chi connectivity index (χ0) is 16.2. The third-order valence-electron chi connectivity index (χ3n) is 3.22. The van der Waals surface area contributed by atoms with E-state index in [-0.39, 0.29) is 12.3 Å². The van der Waals surface area contributed by atoms with Gasteiger partial charge in [0.15, 0.2) is 4.34 Å². The van der Waals surface area contributed by atoms with Gasteiger partial charge >= 0.3 is 0 Å². The average molecular weight is 344 g/mol. The van der Waals surface area contributed by atoms with Gasteiger partial charge in [0, 0.05) is 16.8 Å². The van der Waals surface area contributed by atoms with Crippen LogP contribution in [-0.4, -0.2) is 20.7 Å². The molecule has 0 aliphatic heterocycles. The Labute approximate surface area is 142 Å². The van der Waals surface area contributed by atoms with Crippen LogP contribution in [0, 0.1) is 6.92 Å². The summed E-state index contributed by atoms with van der Waals surface area (Å²) in [6.45, 7) is 1.91.